The number of phenols is 1. The predicted octanol–water partition coefficient (Wildman–Crippen LogP) is 0.555. The zero-order valence-electron chi connectivity index (χ0n) is 9.67. The zero-order chi connectivity index (χ0) is 13.1. The Hall–Kier alpha value is -1.56. The molecule has 0 fully saturated rings. The Bertz CT molecular complexity index is 510. The second-order valence-electron chi connectivity index (χ2n) is 3.98. The maximum Gasteiger partial charge on any atom is 0.255 e. The van der Waals surface area contributed by atoms with E-state index in [4.69, 9.17) is 0 Å². The Morgan fingerprint density at radius 2 is 2.00 bits per heavy atom. The number of hydrogen-bond donors (Lipinski definition) is 2. The molecule has 1 aromatic carbocycles. The largest absolute Gasteiger partial charge is 0.507 e. The van der Waals surface area contributed by atoms with Crippen LogP contribution in [0.3, 0.4) is 0 Å². The number of aromatic hydroxyl groups is 1. The second-order valence-corrected chi connectivity index (χ2v) is 6.17. The van der Waals surface area contributed by atoms with E-state index in [9.17, 15) is 18.3 Å². The van der Waals surface area contributed by atoms with Crippen molar-refractivity contribution < 1.29 is 18.3 Å². The van der Waals surface area contributed by atoms with Crippen LogP contribution < -0.4 is 5.32 Å². The molecule has 0 aliphatic heterocycles. The lowest BCUT2D eigenvalue weighted by Crippen LogP contribution is -2.37. The molecule has 0 heterocycles. The van der Waals surface area contributed by atoms with Crippen molar-refractivity contribution in [2.45, 2.75) is 13.0 Å². The van der Waals surface area contributed by atoms with Gasteiger partial charge in [-0.1, -0.05) is 12.1 Å². The van der Waals surface area contributed by atoms with Crippen molar-refractivity contribution in [3.05, 3.63) is 29.8 Å². The highest BCUT2D eigenvalue weighted by atomic mass is 32.2. The molecule has 1 rings (SSSR count). The summed E-state index contributed by atoms with van der Waals surface area (Å²) < 4.78 is 22.1. The summed E-state index contributed by atoms with van der Waals surface area (Å²) in [5.41, 5.74) is 0.132. The van der Waals surface area contributed by atoms with Crippen LogP contribution >= 0.6 is 0 Å². The van der Waals surface area contributed by atoms with Crippen molar-refractivity contribution in [1.82, 2.24) is 5.32 Å². The Morgan fingerprint density at radius 1 is 1.41 bits per heavy atom. The van der Waals surface area contributed by atoms with Crippen LogP contribution in [0, 0.1) is 0 Å². The maximum absolute atomic E-state index is 11.7. The number of amides is 1. The summed E-state index contributed by atoms with van der Waals surface area (Å²) in [6, 6.07) is 5.59. The summed E-state index contributed by atoms with van der Waals surface area (Å²) in [7, 11) is -3.14. The first-order chi connectivity index (χ1) is 7.79. The van der Waals surface area contributed by atoms with E-state index in [-0.39, 0.29) is 17.1 Å². The standard InChI is InChI=1S/C11H15NO4S/c1-8(7-17(2,15)16)12-11(14)9-5-3-4-6-10(9)13/h3-6,8,13H,7H2,1-2H3,(H,12,14). The fourth-order valence-corrected chi connectivity index (χ4v) is 2.45. The molecule has 0 saturated carbocycles. The Balaban J connectivity index is 2.71. The third kappa shape index (κ3) is 4.44. The summed E-state index contributed by atoms with van der Waals surface area (Å²) in [5.74, 6) is -0.748. The fraction of sp³-hybridized carbons (Fsp3) is 0.364. The highest BCUT2D eigenvalue weighted by Crippen LogP contribution is 2.15. The number of phenolic OH excluding ortho intramolecular Hbond substituents is 1. The van der Waals surface area contributed by atoms with E-state index < -0.39 is 21.8 Å². The van der Waals surface area contributed by atoms with E-state index in [1.54, 1.807) is 19.1 Å². The molecule has 0 aliphatic rings. The Morgan fingerprint density at radius 3 is 2.53 bits per heavy atom. The summed E-state index contributed by atoms with van der Waals surface area (Å²) >= 11 is 0. The number of carbonyl (C=O) groups is 1. The molecule has 1 unspecified atom stereocenters. The van der Waals surface area contributed by atoms with E-state index in [1.165, 1.54) is 12.1 Å². The van der Waals surface area contributed by atoms with E-state index in [0.717, 1.165) is 6.26 Å². The molecule has 5 nitrogen and oxygen atoms in total. The van der Waals surface area contributed by atoms with Crippen LogP contribution in [0.1, 0.15) is 17.3 Å². The molecular weight excluding hydrogens is 242 g/mol. The SMILES string of the molecule is CC(CS(C)(=O)=O)NC(=O)c1ccccc1O. The van der Waals surface area contributed by atoms with Gasteiger partial charge in [-0.3, -0.25) is 4.79 Å². The van der Waals surface area contributed by atoms with Gasteiger partial charge >= 0.3 is 0 Å². The monoisotopic (exact) mass is 257 g/mol. The van der Waals surface area contributed by atoms with E-state index >= 15 is 0 Å². The van der Waals surface area contributed by atoms with Gasteiger partial charge in [0.05, 0.1) is 11.3 Å². The Kier molecular flexibility index (Phi) is 4.11. The average Bonchev–Trinajstić information content (AvgIpc) is 2.14. The van der Waals surface area contributed by atoms with Gasteiger partial charge in [0.2, 0.25) is 0 Å². The van der Waals surface area contributed by atoms with Gasteiger partial charge in [-0.05, 0) is 19.1 Å². The molecule has 0 bridgehead atoms. The molecule has 17 heavy (non-hydrogen) atoms. The van der Waals surface area contributed by atoms with Crippen LogP contribution in [-0.2, 0) is 9.84 Å². The molecule has 0 aliphatic carbocycles. The molecule has 1 amide bonds. The van der Waals surface area contributed by atoms with Crippen LogP contribution in [-0.4, -0.2) is 37.5 Å². The van der Waals surface area contributed by atoms with Gasteiger partial charge in [-0.15, -0.1) is 0 Å². The molecule has 0 spiro atoms. The average molecular weight is 257 g/mol. The quantitative estimate of drug-likeness (QED) is 0.825. The molecular formula is C11H15NO4S. The zero-order valence-corrected chi connectivity index (χ0v) is 10.5. The predicted molar refractivity (Wildman–Crippen MR) is 64.7 cm³/mol. The summed E-state index contributed by atoms with van der Waals surface area (Å²) in [5, 5.41) is 12.0. The minimum Gasteiger partial charge on any atom is -0.507 e. The van der Waals surface area contributed by atoms with E-state index in [0.29, 0.717) is 0 Å². The lowest BCUT2D eigenvalue weighted by atomic mass is 10.2. The molecule has 1 aromatic rings. The van der Waals surface area contributed by atoms with E-state index in [1.807, 2.05) is 0 Å². The van der Waals surface area contributed by atoms with Crippen molar-refractivity contribution in [3.8, 4) is 5.75 Å². The third-order valence-electron chi connectivity index (χ3n) is 2.08. The Labute approximate surface area is 100 Å². The lowest BCUT2D eigenvalue weighted by Gasteiger charge is -2.13. The summed E-state index contributed by atoms with van der Waals surface area (Å²) in [6.45, 7) is 1.60. The van der Waals surface area contributed by atoms with Crippen molar-refractivity contribution in [2.75, 3.05) is 12.0 Å². The van der Waals surface area contributed by atoms with Crippen molar-refractivity contribution >= 4 is 15.7 Å². The molecule has 0 radical (unpaired) electrons. The van der Waals surface area contributed by atoms with Crippen molar-refractivity contribution in [1.29, 1.82) is 0 Å². The van der Waals surface area contributed by atoms with Crippen LogP contribution in [0.5, 0.6) is 5.75 Å². The van der Waals surface area contributed by atoms with Gasteiger partial charge in [0, 0.05) is 12.3 Å². The van der Waals surface area contributed by atoms with Gasteiger partial charge < -0.3 is 10.4 Å². The molecule has 1 atom stereocenters. The first-order valence-electron chi connectivity index (χ1n) is 5.06. The molecule has 6 heteroatoms. The number of rotatable bonds is 4. The van der Waals surface area contributed by atoms with Crippen LogP contribution in [0.4, 0.5) is 0 Å². The van der Waals surface area contributed by atoms with Gasteiger partial charge in [-0.25, -0.2) is 8.42 Å². The van der Waals surface area contributed by atoms with Crippen molar-refractivity contribution in [3.63, 3.8) is 0 Å². The third-order valence-corrected chi connectivity index (χ3v) is 3.18. The van der Waals surface area contributed by atoms with Gasteiger partial charge in [-0.2, -0.15) is 0 Å². The topological polar surface area (TPSA) is 83.5 Å². The molecule has 0 saturated heterocycles. The molecule has 0 aromatic heterocycles. The smallest absolute Gasteiger partial charge is 0.255 e. The van der Waals surface area contributed by atoms with Gasteiger partial charge in [0.15, 0.2) is 0 Å². The highest BCUT2D eigenvalue weighted by molar-refractivity contribution is 7.90. The van der Waals surface area contributed by atoms with Gasteiger partial charge in [0.25, 0.3) is 5.91 Å². The van der Waals surface area contributed by atoms with Crippen LogP contribution in [0.25, 0.3) is 0 Å². The summed E-state index contributed by atoms with van der Waals surface area (Å²) in [6.07, 6.45) is 1.11. The number of nitrogens with one attached hydrogen (secondary N) is 1. The molecule has 2 N–H and O–H groups in total. The highest BCUT2D eigenvalue weighted by Gasteiger charge is 2.16. The number of carbonyl (C=O) groups excluding carboxylic acids is 1. The van der Waals surface area contributed by atoms with E-state index in [2.05, 4.69) is 5.32 Å². The minimum atomic E-state index is -3.14. The number of sulfone groups is 1. The second kappa shape index (κ2) is 5.18. The first kappa shape index (κ1) is 13.5. The van der Waals surface area contributed by atoms with Crippen LogP contribution in [0.2, 0.25) is 0 Å². The number of benzene rings is 1. The van der Waals surface area contributed by atoms with Gasteiger partial charge in [0.1, 0.15) is 15.6 Å². The minimum absolute atomic E-state index is 0.128. The molecule has 94 valence electrons. The number of para-hydroxylation sites is 1. The maximum atomic E-state index is 11.7. The number of hydrogen-bond acceptors (Lipinski definition) is 4. The summed E-state index contributed by atoms with van der Waals surface area (Å²) in [4.78, 5) is 11.7. The fourth-order valence-electron chi connectivity index (χ4n) is 1.46. The van der Waals surface area contributed by atoms with Crippen molar-refractivity contribution in [2.24, 2.45) is 0 Å². The van der Waals surface area contributed by atoms with Crippen LogP contribution in [0.15, 0.2) is 24.3 Å². The lowest BCUT2D eigenvalue weighted by molar-refractivity contribution is 0.0941. The first-order valence-corrected chi connectivity index (χ1v) is 7.12. The normalized spacial score (nSPS) is 13.1.